The lowest BCUT2D eigenvalue weighted by Gasteiger charge is -2.36. The molecule has 1 aromatic heterocycles. The monoisotopic (exact) mass is 350 g/mol. The highest BCUT2D eigenvalue weighted by Crippen LogP contribution is 2.31. The number of aryl methyl sites for hydroxylation is 2. The van der Waals surface area contributed by atoms with Gasteiger partial charge in [-0.2, -0.15) is 0 Å². The first-order chi connectivity index (χ1) is 12.5. The van der Waals surface area contributed by atoms with Gasteiger partial charge >= 0.3 is 0 Å². The number of nitrogens with zero attached hydrogens (tertiary/aromatic N) is 2. The maximum absolute atomic E-state index is 12.8. The van der Waals surface area contributed by atoms with E-state index < -0.39 is 6.10 Å². The maximum atomic E-state index is 12.8. The molecule has 2 aromatic carbocycles. The molecule has 1 N–H and O–H groups in total. The molecule has 4 rings (SSSR count). The number of hydrogen-bond acceptors (Lipinski definition) is 4. The van der Waals surface area contributed by atoms with Crippen LogP contribution in [0.25, 0.3) is 10.8 Å². The lowest BCUT2D eigenvalue weighted by molar-refractivity contribution is 0.0380. The zero-order valence-electron chi connectivity index (χ0n) is 15.0. The number of aliphatic hydroxyl groups is 1. The normalized spacial score (nSPS) is 20.5. The number of piperidine rings is 1. The van der Waals surface area contributed by atoms with Crippen molar-refractivity contribution in [1.29, 1.82) is 0 Å². The number of fused-ring (bicyclic) bond motifs is 1. The largest absolute Gasteiger partial charge is 0.391 e. The van der Waals surface area contributed by atoms with Crippen LogP contribution in [0.4, 0.5) is 0 Å². The molecule has 1 saturated heterocycles. The number of amides is 1. The molecule has 1 amide bonds. The standard InChI is InChI=1S/C21H22N2O3/c1-13-20(14(2)26-22-13)21(25)23-10-9-18(19(24)12-23)17-8-7-15-5-3-4-6-16(15)11-17/h3-8,11,18-19,24H,9-10,12H2,1-2H3/t18-,19+/m1/s1. The predicted molar refractivity (Wildman–Crippen MR) is 99.2 cm³/mol. The Morgan fingerprint density at radius 1 is 1.19 bits per heavy atom. The van der Waals surface area contributed by atoms with Crippen LogP contribution in [0.15, 0.2) is 47.0 Å². The average molecular weight is 350 g/mol. The van der Waals surface area contributed by atoms with Crippen molar-refractivity contribution in [3.63, 3.8) is 0 Å². The van der Waals surface area contributed by atoms with Crippen LogP contribution in [0.3, 0.4) is 0 Å². The molecule has 26 heavy (non-hydrogen) atoms. The van der Waals surface area contributed by atoms with Gasteiger partial charge in [-0.25, -0.2) is 0 Å². The molecule has 0 spiro atoms. The van der Waals surface area contributed by atoms with Gasteiger partial charge in [0.25, 0.3) is 5.91 Å². The number of carbonyl (C=O) groups is 1. The van der Waals surface area contributed by atoms with E-state index in [-0.39, 0.29) is 11.8 Å². The van der Waals surface area contributed by atoms with Crippen LogP contribution in [0.5, 0.6) is 0 Å². The highest BCUT2D eigenvalue weighted by Gasteiger charge is 2.33. The lowest BCUT2D eigenvalue weighted by Crippen LogP contribution is -2.46. The Morgan fingerprint density at radius 2 is 1.96 bits per heavy atom. The first kappa shape index (κ1) is 16.8. The minimum absolute atomic E-state index is 0.0355. The summed E-state index contributed by atoms with van der Waals surface area (Å²) in [6.07, 6.45) is 0.142. The number of rotatable bonds is 2. The number of β-amino-alcohol motifs (C(OH)–C–C–N with tert-alkyl or cyclic N) is 1. The van der Waals surface area contributed by atoms with Gasteiger partial charge in [0.2, 0.25) is 0 Å². The second-order valence-corrected chi connectivity index (χ2v) is 7.02. The van der Waals surface area contributed by atoms with Gasteiger partial charge in [-0.15, -0.1) is 0 Å². The molecule has 0 aliphatic carbocycles. The number of aliphatic hydroxyl groups excluding tert-OH is 1. The summed E-state index contributed by atoms with van der Waals surface area (Å²) in [7, 11) is 0. The first-order valence-electron chi connectivity index (χ1n) is 8.93. The Bertz CT molecular complexity index is 943. The average Bonchev–Trinajstić information content (AvgIpc) is 2.99. The van der Waals surface area contributed by atoms with Gasteiger partial charge in [0, 0.05) is 19.0 Å². The number of likely N-dealkylation sites (tertiary alicyclic amines) is 1. The zero-order chi connectivity index (χ0) is 18.3. The second kappa shape index (κ2) is 6.57. The van der Waals surface area contributed by atoms with Crippen molar-refractivity contribution >= 4 is 16.7 Å². The SMILES string of the molecule is Cc1noc(C)c1C(=O)N1CC[C@H](c2ccc3ccccc3c2)[C@@H](O)C1. The fourth-order valence-electron chi connectivity index (χ4n) is 3.89. The summed E-state index contributed by atoms with van der Waals surface area (Å²) in [5.74, 6) is 0.448. The summed E-state index contributed by atoms with van der Waals surface area (Å²) in [4.78, 5) is 14.5. The third-order valence-electron chi connectivity index (χ3n) is 5.32. The maximum Gasteiger partial charge on any atom is 0.259 e. The van der Waals surface area contributed by atoms with Crippen molar-refractivity contribution in [2.45, 2.75) is 32.3 Å². The van der Waals surface area contributed by atoms with E-state index in [4.69, 9.17) is 4.52 Å². The molecule has 0 radical (unpaired) electrons. The highest BCUT2D eigenvalue weighted by molar-refractivity contribution is 5.96. The van der Waals surface area contributed by atoms with Crippen LogP contribution in [0.1, 0.15) is 39.7 Å². The Labute approximate surface area is 152 Å². The number of hydrogen-bond donors (Lipinski definition) is 1. The molecule has 0 unspecified atom stereocenters. The van der Waals surface area contributed by atoms with Crippen LogP contribution in [0, 0.1) is 13.8 Å². The molecule has 3 aromatic rings. The Balaban J connectivity index is 1.53. The summed E-state index contributed by atoms with van der Waals surface area (Å²) in [5.41, 5.74) is 2.24. The van der Waals surface area contributed by atoms with E-state index >= 15 is 0 Å². The highest BCUT2D eigenvalue weighted by atomic mass is 16.5. The van der Waals surface area contributed by atoms with Crippen molar-refractivity contribution in [2.75, 3.05) is 13.1 Å². The lowest BCUT2D eigenvalue weighted by atomic mass is 9.86. The van der Waals surface area contributed by atoms with Gasteiger partial charge in [0.15, 0.2) is 0 Å². The van der Waals surface area contributed by atoms with Crippen molar-refractivity contribution in [3.05, 3.63) is 65.0 Å². The topological polar surface area (TPSA) is 66.6 Å². The fourth-order valence-corrected chi connectivity index (χ4v) is 3.89. The Hall–Kier alpha value is -2.66. The molecule has 2 heterocycles. The summed E-state index contributed by atoms with van der Waals surface area (Å²) in [5, 5.41) is 16.9. The van der Waals surface area contributed by atoms with Gasteiger partial charge in [0.1, 0.15) is 11.3 Å². The Morgan fingerprint density at radius 3 is 2.65 bits per heavy atom. The number of carbonyl (C=O) groups excluding carboxylic acids is 1. The van der Waals surface area contributed by atoms with Crippen molar-refractivity contribution in [2.24, 2.45) is 0 Å². The summed E-state index contributed by atoms with van der Waals surface area (Å²) < 4.78 is 5.11. The van der Waals surface area contributed by atoms with Gasteiger partial charge in [-0.3, -0.25) is 4.79 Å². The molecule has 0 saturated carbocycles. The molecule has 5 nitrogen and oxygen atoms in total. The summed E-state index contributed by atoms with van der Waals surface area (Å²) in [6, 6.07) is 14.5. The molecule has 1 aliphatic heterocycles. The van der Waals surface area contributed by atoms with Gasteiger partial charge < -0.3 is 14.5 Å². The van der Waals surface area contributed by atoms with Crippen LogP contribution >= 0.6 is 0 Å². The molecule has 1 aliphatic rings. The molecule has 5 heteroatoms. The minimum Gasteiger partial charge on any atom is -0.391 e. The first-order valence-corrected chi connectivity index (χ1v) is 8.93. The fraction of sp³-hybridized carbons (Fsp3) is 0.333. The predicted octanol–water partition coefficient (Wildman–Crippen LogP) is 3.44. The van der Waals surface area contributed by atoms with Crippen molar-refractivity contribution in [3.8, 4) is 0 Å². The third-order valence-corrected chi connectivity index (χ3v) is 5.32. The molecule has 1 fully saturated rings. The summed E-state index contributed by atoms with van der Waals surface area (Å²) >= 11 is 0. The van der Waals surface area contributed by atoms with Crippen molar-refractivity contribution in [1.82, 2.24) is 10.1 Å². The smallest absolute Gasteiger partial charge is 0.259 e. The van der Waals surface area contributed by atoms with Gasteiger partial charge in [-0.1, -0.05) is 47.6 Å². The van der Waals surface area contributed by atoms with Crippen molar-refractivity contribution < 1.29 is 14.4 Å². The number of benzene rings is 2. The van der Waals surface area contributed by atoms with E-state index in [9.17, 15) is 9.90 Å². The van der Waals surface area contributed by atoms with E-state index in [1.807, 2.05) is 12.1 Å². The molecular weight excluding hydrogens is 328 g/mol. The van der Waals surface area contributed by atoms with Crippen LogP contribution in [-0.4, -0.2) is 40.3 Å². The quantitative estimate of drug-likeness (QED) is 0.769. The van der Waals surface area contributed by atoms with Gasteiger partial charge in [0.05, 0.1) is 11.8 Å². The molecule has 0 bridgehead atoms. The zero-order valence-corrected chi connectivity index (χ0v) is 15.0. The molecule has 134 valence electrons. The molecular formula is C21H22N2O3. The second-order valence-electron chi connectivity index (χ2n) is 7.02. The molecule has 2 atom stereocenters. The third kappa shape index (κ3) is 2.88. The summed E-state index contributed by atoms with van der Waals surface area (Å²) in [6.45, 7) is 4.44. The van der Waals surface area contributed by atoms with E-state index in [1.165, 1.54) is 10.8 Å². The Kier molecular flexibility index (Phi) is 4.24. The minimum atomic E-state index is -0.589. The van der Waals surface area contributed by atoms with E-state index in [0.717, 1.165) is 12.0 Å². The van der Waals surface area contributed by atoms with Crippen LogP contribution in [0.2, 0.25) is 0 Å². The van der Waals surface area contributed by atoms with E-state index in [1.54, 1.807) is 18.7 Å². The number of aromatic nitrogens is 1. The van der Waals surface area contributed by atoms with Gasteiger partial charge in [-0.05, 0) is 36.6 Å². The van der Waals surface area contributed by atoms with Crippen LogP contribution in [-0.2, 0) is 0 Å². The van der Waals surface area contributed by atoms with E-state index in [2.05, 4.69) is 35.5 Å². The van der Waals surface area contributed by atoms with E-state index in [0.29, 0.717) is 30.1 Å². The van der Waals surface area contributed by atoms with Crippen LogP contribution < -0.4 is 0 Å².